The molecular formula is C10H19NO3. The Hall–Kier alpha value is -0.610. The van der Waals surface area contributed by atoms with E-state index >= 15 is 0 Å². The molecule has 0 amide bonds. The topological polar surface area (TPSA) is 47.6 Å². The number of hydrogen-bond acceptors (Lipinski definition) is 4. The number of carbonyl (C=O) groups is 1. The van der Waals surface area contributed by atoms with Gasteiger partial charge in [0.25, 0.3) is 0 Å². The molecule has 4 nitrogen and oxygen atoms in total. The van der Waals surface area contributed by atoms with Gasteiger partial charge < -0.3 is 14.8 Å². The molecule has 1 atom stereocenters. The van der Waals surface area contributed by atoms with Crippen molar-refractivity contribution in [3.63, 3.8) is 0 Å². The minimum absolute atomic E-state index is 0.278. The highest BCUT2D eigenvalue weighted by Crippen LogP contribution is 2.23. The molecule has 1 aliphatic carbocycles. The normalized spacial score (nSPS) is 21.1. The first kappa shape index (κ1) is 11.5. The lowest BCUT2D eigenvalue weighted by molar-refractivity contribution is -0.152. The molecule has 0 heterocycles. The second kappa shape index (κ2) is 4.75. The van der Waals surface area contributed by atoms with Crippen molar-refractivity contribution in [2.24, 2.45) is 0 Å². The maximum absolute atomic E-state index is 11.4. The Morgan fingerprint density at radius 1 is 1.57 bits per heavy atom. The average Bonchev–Trinajstić information content (AvgIpc) is 2.13. The summed E-state index contributed by atoms with van der Waals surface area (Å²) in [6.07, 6.45) is 3.80. The summed E-state index contributed by atoms with van der Waals surface area (Å²) < 4.78 is 10.3. The molecule has 0 aromatic carbocycles. The lowest BCUT2D eigenvalue weighted by Gasteiger charge is -2.31. The zero-order chi connectivity index (χ0) is 10.6. The first-order valence-electron chi connectivity index (χ1n) is 5.01. The molecule has 0 aliphatic heterocycles. The Morgan fingerprint density at radius 2 is 2.21 bits per heavy atom. The predicted octanol–water partition coefficient (Wildman–Crippen LogP) is 0.707. The largest absolute Gasteiger partial charge is 0.468 e. The van der Waals surface area contributed by atoms with Gasteiger partial charge in [0, 0.05) is 0 Å². The summed E-state index contributed by atoms with van der Waals surface area (Å²) in [4.78, 5) is 11.4. The van der Waals surface area contributed by atoms with Crippen molar-refractivity contribution in [1.82, 2.24) is 5.32 Å². The van der Waals surface area contributed by atoms with Crippen LogP contribution in [-0.4, -0.2) is 38.4 Å². The van der Waals surface area contributed by atoms with Gasteiger partial charge >= 0.3 is 5.97 Å². The van der Waals surface area contributed by atoms with Gasteiger partial charge in [0.15, 0.2) is 0 Å². The highest BCUT2D eigenvalue weighted by Gasteiger charge is 2.34. The number of likely N-dealkylation sites (N-methyl/N-ethyl adjacent to an activating group) is 1. The number of esters is 1. The summed E-state index contributed by atoms with van der Waals surface area (Å²) in [5.74, 6) is -0.278. The van der Waals surface area contributed by atoms with Gasteiger partial charge in [0.05, 0.1) is 19.8 Å². The molecule has 14 heavy (non-hydrogen) atoms. The van der Waals surface area contributed by atoms with Crippen LogP contribution in [0.25, 0.3) is 0 Å². The van der Waals surface area contributed by atoms with Crippen molar-refractivity contribution in [1.29, 1.82) is 0 Å². The first-order chi connectivity index (χ1) is 6.62. The lowest BCUT2D eigenvalue weighted by Crippen LogP contribution is -2.53. The third kappa shape index (κ3) is 2.45. The van der Waals surface area contributed by atoms with Gasteiger partial charge in [0.1, 0.15) is 5.54 Å². The van der Waals surface area contributed by atoms with Crippen LogP contribution in [0.15, 0.2) is 0 Å². The van der Waals surface area contributed by atoms with Crippen molar-refractivity contribution >= 4 is 5.97 Å². The molecular weight excluding hydrogens is 182 g/mol. The van der Waals surface area contributed by atoms with E-state index in [1.165, 1.54) is 13.5 Å². The highest BCUT2D eigenvalue weighted by atomic mass is 16.5. The van der Waals surface area contributed by atoms with E-state index in [1.807, 2.05) is 0 Å². The summed E-state index contributed by atoms with van der Waals surface area (Å²) in [6, 6.07) is 0. The number of nitrogens with one attached hydrogen (secondary N) is 1. The molecule has 0 saturated heterocycles. The number of methoxy groups -OCH3 is 1. The molecule has 1 unspecified atom stereocenters. The van der Waals surface area contributed by atoms with E-state index in [0.29, 0.717) is 12.7 Å². The molecule has 82 valence electrons. The fourth-order valence-corrected chi connectivity index (χ4v) is 1.28. The van der Waals surface area contributed by atoms with E-state index in [-0.39, 0.29) is 5.97 Å². The van der Waals surface area contributed by atoms with Crippen LogP contribution in [-0.2, 0) is 14.3 Å². The van der Waals surface area contributed by atoms with E-state index < -0.39 is 5.54 Å². The fraction of sp³-hybridized carbons (Fsp3) is 0.900. The van der Waals surface area contributed by atoms with Gasteiger partial charge in [-0.2, -0.15) is 0 Å². The van der Waals surface area contributed by atoms with Gasteiger partial charge in [0.2, 0.25) is 0 Å². The monoisotopic (exact) mass is 201 g/mol. The molecule has 1 fully saturated rings. The molecule has 0 radical (unpaired) electrons. The summed E-state index contributed by atoms with van der Waals surface area (Å²) in [5, 5.41) is 2.93. The summed E-state index contributed by atoms with van der Waals surface area (Å²) in [7, 11) is 3.13. The third-order valence-corrected chi connectivity index (χ3v) is 2.85. The molecule has 1 rings (SSSR count). The zero-order valence-electron chi connectivity index (χ0n) is 9.13. The summed E-state index contributed by atoms with van der Waals surface area (Å²) in [5.41, 5.74) is -0.718. The fourth-order valence-electron chi connectivity index (χ4n) is 1.28. The second-order valence-electron chi connectivity index (χ2n) is 3.94. The number of carbonyl (C=O) groups excluding carboxylic acids is 1. The highest BCUT2D eigenvalue weighted by molar-refractivity contribution is 5.80. The maximum atomic E-state index is 11.4. The van der Waals surface area contributed by atoms with Crippen molar-refractivity contribution in [2.75, 3.05) is 20.8 Å². The molecule has 0 bridgehead atoms. The van der Waals surface area contributed by atoms with Crippen LogP contribution in [0.1, 0.15) is 26.2 Å². The Bertz CT molecular complexity index is 204. The van der Waals surface area contributed by atoms with E-state index in [1.54, 1.807) is 14.0 Å². The van der Waals surface area contributed by atoms with Crippen LogP contribution in [0, 0.1) is 0 Å². The Morgan fingerprint density at radius 3 is 2.57 bits per heavy atom. The third-order valence-electron chi connectivity index (χ3n) is 2.85. The number of rotatable bonds is 5. The molecule has 4 heteroatoms. The van der Waals surface area contributed by atoms with Gasteiger partial charge in [-0.3, -0.25) is 0 Å². The van der Waals surface area contributed by atoms with Crippen LogP contribution in [0.5, 0.6) is 0 Å². The summed E-state index contributed by atoms with van der Waals surface area (Å²) in [6.45, 7) is 2.17. The second-order valence-corrected chi connectivity index (χ2v) is 3.94. The maximum Gasteiger partial charge on any atom is 0.328 e. The quantitative estimate of drug-likeness (QED) is 0.665. The van der Waals surface area contributed by atoms with E-state index in [0.717, 1.165) is 12.8 Å². The predicted molar refractivity (Wildman–Crippen MR) is 53.1 cm³/mol. The van der Waals surface area contributed by atoms with Gasteiger partial charge in [-0.1, -0.05) is 0 Å². The lowest BCUT2D eigenvalue weighted by atomic mass is 9.95. The van der Waals surface area contributed by atoms with Gasteiger partial charge in [-0.25, -0.2) is 4.79 Å². The Balaban J connectivity index is 2.38. The van der Waals surface area contributed by atoms with Crippen molar-refractivity contribution in [3.8, 4) is 0 Å². The van der Waals surface area contributed by atoms with Crippen LogP contribution >= 0.6 is 0 Å². The molecule has 0 spiro atoms. The van der Waals surface area contributed by atoms with Crippen molar-refractivity contribution in [2.45, 2.75) is 37.8 Å². The van der Waals surface area contributed by atoms with E-state index in [2.05, 4.69) is 5.32 Å². The number of ether oxygens (including phenoxy) is 2. The van der Waals surface area contributed by atoms with Crippen molar-refractivity contribution < 1.29 is 14.3 Å². The SMILES string of the molecule is CNC(C)(COC1CCC1)C(=O)OC. The molecule has 1 saturated carbocycles. The van der Waals surface area contributed by atoms with Crippen LogP contribution in [0.2, 0.25) is 0 Å². The van der Waals surface area contributed by atoms with Gasteiger partial charge in [-0.05, 0) is 33.2 Å². The molecule has 1 N–H and O–H groups in total. The van der Waals surface area contributed by atoms with Crippen LogP contribution in [0.3, 0.4) is 0 Å². The molecule has 0 aromatic heterocycles. The minimum Gasteiger partial charge on any atom is -0.468 e. The molecule has 1 aliphatic rings. The van der Waals surface area contributed by atoms with Crippen molar-refractivity contribution in [3.05, 3.63) is 0 Å². The Labute approximate surface area is 85.0 Å². The number of hydrogen-bond donors (Lipinski definition) is 1. The minimum atomic E-state index is -0.718. The first-order valence-corrected chi connectivity index (χ1v) is 5.01. The van der Waals surface area contributed by atoms with Gasteiger partial charge in [-0.15, -0.1) is 0 Å². The summed E-state index contributed by atoms with van der Waals surface area (Å²) >= 11 is 0. The smallest absolute Gasteiger partial charge is 0.328 e. The zero-order valence-corrected chi connectivity index (χ0v) is 9.13. The van der Waals surface area contributed by atoms with Crippen LogP contribution < -0.4 is 5.32 Å². The average molecular weight is 201 g/mol. The Kier molecular flexibility index (Phi) is 3.89. The standard InChI is InChI=1S/C10H19NO3/c1-10(11-2,9(12)13-3)7-14-8-5-4-6-8/h8,11H,4-7H2,1-3H3. The van der Waals surface area contributed by atoms with Crippen LogP contribution in [0.4, 0.5) is 0 Å². The molecule has 0 aromatic rings. The van der Waals surface area contributed by atoms with E-state index in [4.69, 9.17) is 9.47 Å². The van der Waals surface area contributed by atoms with E-state index in [9.17, 15) is 4.79 Å².